The van der Waals surface area contributed by atoms with Crippen molar-refractivity contribution in [3.63, 3.8) is 0 Å². The van der Waals surface area contributed by atoms with Crippen LogP contribution in [0.5, 0.6) is 0 Å². The minimum Gasteiger partial charge on any atom is -0.386 e. The molecule has 2 heterocycles. The molecule has 1 fully saturated rings. The van der Waals surface area contributed by atoms with Gasteiger partial charge in [-0.2, -0.15) is 0 Å². The van der Waals surface area contributed by atoms with Crippen LogP contribution in [0.15, 0.2) is 48.8 Å². The number of aromatic nitrogens is 1. The van der Waals surface area contributed by atoms with Gasteiger partial charge in [-0.15, -0.1) is 0 Å². The molecular weight excluding hydrogens is 499 g/mol. The van der Waals surface area contributed by atoms with Crippen molar-refractivity contribution in [2.24, 2.45) is 23.5 Å². The monoisotopic (exact) mass is 538 g/mol. The molecule has 1 aliphatic heterocycles. The molecule has 0 radical (unpaired) electrons. The number of pyridine rings is 1. The molecule has 0 spiro atoms. The number of ketones is 3. The van der Waals surface area contributed by atoms with Gasteiger partial charge < -0.3 is 16.0 Å². The fourth-order valence-electron chi connectivity index (χ4n) is 5.17. The number of nitrogens with one attached hydrogen (secondary N) is 1. The van der Waals surface area contributed by atoms with E-state index < -0.39 is 30.3 Å². The predicted molar refractivity (Wildman–Crippen MR) is 148 cm³/mol. The fraction of sp³-hybridized carbons (Fsp3) is 0.500. The van der Waals surface area contributed by atoms with E-state index in [1.54, 1.807) is 11.0 Å². The van der Waals surface area contributed by atoms with Crippen LogP contribution in [0, 0.1) is 17.8 Å². The molecule has 3 N–H and O–H groups in total. The van der Waals surface area contributed by atoms with Gasteiger partial charge in [-0.05, 0) is 43.7 Å². The lowest BCUT2D eigenvalue weighted by atomic mass is 9.87. The number of nitrogens with two attached hydrogens (primary N) is 1. The molecular formula is C30H39FN4O4. The zero-order chi connectivity index (χ0) is 28.5. The van der Waals surface area contributed by atoms with Gasteiger partial charge in [0.05, 0.1) is 17.4 Å². The number of halogens is 1. The summed E-state index contributed by atoms with van der Waals surface area (Å²) in [5.41, 5.74) is 6.50. The smallest absolute Gasteiger partial charge is 0.227 e. The maximum absolute atomic E-state index is 13.7. The van der Waals surface area contributed by atoms with Crippen LogP contribution in [-0.2, 0) is 14.4 Å². The van der Waals surface area contributed by atoms with Gasteiger partial charge in [0.2, 0.25) is 5.91 Å². The van der Waals surface area contributed by atoms with E-state index in [4.69, 9.17) is 5.73 Å². The average Bonchev–Trinajstić information content (AvgIpc) is 3.42. The number of carbonyl (C=O) groups is 4. The van der Waals surface area contributed by atoms with Crippen molar-refractivity contribution >= 4 is 34.2 Å². The Morgan fingerprint density at radius 3 is 2.59 bits per heavy atom. The lowest BCUT2D eigenvalue weighted by molar-refractivity contribution is -0.142. The van der Waals surface area contributed by atoms with Crippen molar-refractivity contribution < 1.29 is 23.6 Å². The van der Waals surface area contributed by atoms with E-state index in [1.165, 1.54) is 0 Å². The molecule has 0 unspecified atom stereocenters. The van der Waals surface area contributed by atoms with Crippen LogP contribution >= 0.6 is 0 Å². The Kier molecular flexibility index (Phi) is 10.7. The second-order valence-corrected chi connectivity index (χ2v) is 10.6. The minimum absolute atomic E-state index is 0.0123. The van der Waals surface area contributed by atoms with Crippen LogP contribution < -0.4 is 11.1 Å². The first-order valence-corrected chi connectivity index (χ1v) is 13.6. The normalized spacial score (nSPS) is 16.7. The van der Waals surface area contributed by atoms with Crippen molar-refractivity contribution in [3.05, 3.63) is 54.5 Å². The molecule has 0 saturated carbocycles. The van der Waals surface area contributed by atoms with Crippen molar-refractivity contribution in [3.8, 4) is 0 Å². The number of amides is 1. The summed E-state index contributed by atoms with van der Waals surface area (Å²) in [5.74, 6) is -2.52. The third-order valence-electron chi connectivity index (χ3n) is 7.43. The third kappa shape index (κ3) is 7.94. The summed E-state index contributed by atoms with van der Waals surface area (Å²) in [7, 11) is 0. The van der Waals surface area contributed by atoms with E-state index in [-0.39, 0.29) is 36.2 Å². The zero-order valence-electron chi connectivity index (χ0n) is 22.8. The number of likely N-dealkylation sites (tertiary alicyclic amines) is 1. The summed E-state index contributed by atoms with van der Waals surface area (Å²) in [6, 6.07) is 10.4. The van der Waals surface area contributed by atoms with Gasteiger partial charge in [0.25, 0.3) is 0 Å². The highest BCUT2D eigenvalue weighted by atomic mass is 19.1. The topological polar surface area (TPSA) is 122 Å². The maximum atomic E-state index is 13.7. The number of para-hydroxylation sites is 1. The number of alkyl halides is 1. The van der Waals surface area contributed by atoms with Gasteiger partial charge in [0.1, 0.15) is 12.4 Å². The van der Waals surface area contributed by atoms with E-state index >= 15 is 0 Å². The van der Waals surface area contributed by atoms with E-state index in [0.717, 1.165) is 5.39 Å². The molecule has 0 aliphatic carbocycles. The second-order valence-electron chi connectivity index (χ2n) is 10.6. The van der Waals surface area contributed by atoms with Gasteiger partial charge in [-0.1, -0.05) is 44.7 Å². The molecule has 0 bridgehead atoms. The Morgan fingerprint density at radius 1 is 1.15 bits per heavy atom. The summed E-state index contributed by atoms with van der Waals surface area (Å²) in [4.78, 5) is 58.4. The van der Waals surface area contributed by atoms with Crippen molar-refractivity contribution in [2.75, 3.05) is 19.8 Å². The molecule has 1 aliphatic rings. The van der Waals surface area contributed by atoms with E-state index in [9.17, 15) is 23.6 Å². The number of nitrogens with zero attached hydrogens (tertiary/aromatic N) is 2. The summed E-state index contributed by atoms with van der Waals surface area (Å²) < 4.78 is 13.2. The Hall–Kier alpha value is -3.62. The Balaban J connectivity index is 1.68. The summed E-state index contributed by atoms with van der Waals surface area (Å²) in [6.07, 6.45) is 1.86. The van der Waals surface area contributed by atoms with Crippen LogP contribution in [0.2, 0.25) is 0 Å². The van der Waals surface area contributed by atoms with Gasteiger partial charge in [-0.3, -0.25) is 19.2 Å². The highest BCUT2D eigenvalue weighted by Crippen LogP contribution is 2.28. The van der Waals surface area contributed by atoms with Crippen LogP contribution in [0.25, 0.3) is 10.9 Å². The average molecular weight is 539 g/mol. The maximum Gasteiger partial charge on any atom is 0.227 e. The molecule has 9 heteroatoms. The first kappa shape index (κ1) is 29.9. The molecule has 8 nitrogen and oxygen atoms in total. The highest BCUT2D eigenvalue weighted by Gasteiger charge is 2.39. The lowest BCUT2D eigenvalue weighted by Crippen LogP contribution is -2.46. The Labute approximate surface area is 229 Å². The van der Waals surface area contributed by atoms with Crippen molar-refractivity contribution in [1.82, 2.24) is 15.2 Å². The molecule has 1 amide bonds. The number of rotatable bonds is 15. The molecule has 1 saturated heterocycles. The highest BCUT2D eigenvalue weighted by molar-refractivity contribution is 6.00. The second kappa shape index (κ2) is 14.0. The summed E-state index contributed by atoms with van der Waals surface area (Å²) in [5, 5.41) is 3.78. The standard InChI is InChI=1S/C30H39FN4O4/c1-19(2)23(17-27(36)25-13-12-21-8-4-5-10-24(21)34-25)30(39)35-15-7-11-26(35)28(37)16-22(29(38)18-31)9-6-14-33-20(3)32/h4-5,8,10,12-13,19,22-23,26,33H,3,6-7,9,11,14-18,32H2,1-2H3/t22-,23+,26+/m1/s1. The van der Waals surface area contributed by atoms with Crippen LogP contribution in [0.1, 0.15) is 62.9 Å². The number of benzene rings is 1. The molecule has 2 aromatic rings. The fourth-order valence-corrected chi connectivity index (χ4v) is 5.17. The van der Waals surface area contributed by atoms with Crippen LogP contribution in [0.4, 0.5) is 4.39 Å². The number of fused-ring (bicyclic) bond motifs is 1. The number of Topliss-reactive ketones (excluding diaryl/α,β-unsaturated/α-hetero) is 3. The third-order valence-corrected chi connectivity index (χ3v) is 7.43. The Bertz CT molecular complexity index is 1210. The van der Waals surface area contributed by atoms with Gasteiger partial charge in [0.15, 0.2) is 17.3 Å². The number of hydrogen-bond acceptors (Lipinski definition) is 7. The zero-order valence-corrected chi connectivity index (χ0v) is 22.8. The summed E-state index contributed by atoms with van der Waals surface area (Å²) in [6.45, 7) is 7.05. The lowest BCUT2D eigenvalue weighted by Gasteiger charge is -2.30. The first-order chi connectivity index (χ1) is 18.6. The largest absolute Gasteiger partial charge is 0.386 e. The Morgan fingerprint density at radius 2 is 1.90 bits per heavy atom. The molecule has 39 heavy (non-hydrogen) atoms. The van der Waals surface area contributed by atoms with Crippen molar-refractivity contribution in [1.29, 1.82) is 0 Å². The van der Waals surface area contributed by atoms with Crippen LogP contribution in [-0.4, -0.2) is 58.9 Å². The summed E-state index contributed by atoms with van der Waals surface area (Å²) >= 11 is 0. The number of hydrogen-bond donors (Lipinski definition) is 2. The minimum atomic E-state index is -1.14. The van der Waals surface area contributed by atoms with Gasteiger partial charge in [0, 0.05) is 43.2 Å². The molecule has 3 atom stereocenters. The van der Waals surface area contributed by atoms with Gasteiger partial charge in [-0.25, -0.2) is 9.37 Å². The van der Waals surface area contributed by atoms with E-state index in [1.807, 2.05) is 44.2 Å². The SMILES string of the molecule is C=C(N)NCCC[C@H](CC(=O)[C@@H]1CCCN1C(=O)[C@@H](CC(=O)c1ccc2ccccc2n1)C(C)C)C(=O)CF. The van der Waals surface area contributed by atoms with Crippen molar-refractivity contribution in [2.45, 2.75) is 58.4 Å². The first-order valence-electron chi connectivity index (χ1n) is 13.6. The molecule has 3 rings (SSSR count). The van der Waals surface area contributed by atoms with E-state index in [0.29, 0.717) is 55.8 Å². The quantitative estimate of drug-likeness (QED) is 0.260. The van der Waals surface area contributed by atoms with E-state index in [2.05, 4.69) is 16.9 Å². The van der Waals surface area contributed by atoms with Crippen LogP contribution in [0.3, 0.4) is 0 Å². The van der Waals surface area contributed by atoms with Gasteiger partial charge >= 0.3 is 0 Å². The predicted octanol–water partition coefficient (Wildman–Crippen LogP) is 3.98. The molecule has 1 aromatic carbocycles. The number of carbonyl (C=O) groups excluding carboxylic acids is 4. The molecule has 1 aromatic heterocycles. The molecule has 210 valence electrons.